The number of hydrogen-bond acceptors (Lipinski definition) is 8. The van der Waals surface area contributed by atoms with Gasteiger partial charge in [-0.25, -0.2) is 4.79 Å². The van der Waals surface area contributed by atoms with Crippen molar-refractivity contribution in [1.29, 1.82) is 0 Å². The SMILES string of the molecule is CC(C)(N)CCOC(C)(C)CC#Cc1cn(C2OC(CO)C(O)C2O)c(=O)[nH]c1=O. The molecule has 2 rings (SSSR count). The maximum absolute atomic E-state index is 12.2. The minimum atomic E-state index is -1.45. The van der Waals surface area contributed by atoms with E-state index in [1.807, 2.05) is 27.7 Å². The molecule has 2 heterocycles. The van der Waals surface area contributed by atoms with Crippen molar-refractivity contribution in [2.45, 2.75) is 76.2 Å². The quantitative estimate of drug-likeness (QED) is 0.341. The molecule has 10 heteroatoms. The average molecular weight is 425 g/mol. The highest BCUT2D eigenvalue weighted by Gasteiger charge is 2.43. The van der Waals surface area contributed by atoms with Crippen LogP contribution in [0.25, 0.3) is 0 Å². The molecule has 4 unspecified atom stereocenters. The van der Waals surface area contributed by atoms with Crippen LogP contribution in [0.15, 0.2) is 15.8 Å². The molecule has 0 aliphatic carbocycles. The van der Waals surface area contributed by atoms with E-state index in [4.69, 9.17) is 15.2 Å². The first kappa shape index (κ1) is 24.3. The Kier molecular flexibility index (Phi) is 7.63. The highest BCUT2D eigenvalue weighted by atomic mass is 16.6. The van der Waals surface area contributed by atoms with Gasteiger partial charge in [-0.3, -0.25) is 14.3 Å². The normalized spacial score (nSPS) is 24.5. The first-order valence-electron chi connectivity index (χ1n) is 9.74. The Morgan fingerprint density at radius 2 is 1.93 bits per heavy atom. The van der Waals surface area contributed by atoms with Crippen LogP contribution in [0.2, 0.25) is 0 Å². The maximum Gasteiger partial charge on any atom is 0.330 e. The van der Waals surface area contributed by atoms with Crippen molar-refractivity contribution in [2.75, 3.05) is 13.2 Å². The number of nitrogens with two attached hydrogens (primary N) is 1. The van der Waals surface area contributed by atoms with E-state index in [1.54, 1.807) is 0 Å². The van der Waals surface area contributed by atoms with Gasteiger partial charge >= 0.3 is 5.69 Å². The van der Waals surface area contributed by atoms with E-state index in [2.05, 4.69) is 16.8 Å². The molecule has 10 nitrogen and oxygen atoms in total. The lowest BCUT2D eigenvalue weighted by Gasteiger charge is -2.26. The van der Waals surface area contributed by atoms with E-state index < -0.39 is 48.0 Å². The van der Waals surface area contributed by atoms with E-state index in [0.29, 0.717) is 19.4 Å². The molecular weight excluding hydrogens is 394 g/mol. The number of aliphatic hydroxyl groups is 3. The predicted molar refractivity (Wildman–Crippen MR) is 109 cm³/mol. The molecule has 1 saturated heterocycles. The molecule has 0 aromatic carbocycles. The molecule has 168 valence electrons. The van der Waals surface area contributed by atoms with Crippen molar-refractivity contribution in [1.82, 2.24) is 9.55 Å². The van der Waals surface area contributed by atoms with Gasteiger partial charge in [-0.15, -0.1) is 0 Å². The Bertz CT molecular complexity index is 904. The smallest absolute Gasteiger partial charge is 0.330 e. The average Bonchev–Trinajstić information content (AvgIpc) is 2.90. The Morgan fingerprint density at radius 3 is 2.50 bits per heavy atom. The zero-order valence-electron chi connectivity index (χ0n) is 17.7. The van der Waals surface area contributed by atoms with Crippen molar-refractivity contribution in [2.24, 2.45) is 5.73 Å². The van der Waals surface area contributed by atoms with Gasteiger partial charge < -0.3 is 30.5 Å². The summed E-state index contributed by atoms with van der Waals surface area (Å²) >= 11 is 0. The van der Waals surface area contributed by atoms with Gasteiger partial charge in [0.25, 0.3) is 5.56 Å². The molecule has 1 aromatic heterocycles. The Hall–Kier alpha value is -2.00. The van der Waals surface area contributed by atoms with Gasteiger partial charge in [0.2, 0.25) is 0 Å². The van der Waals surface area contributed by atoms with E-state index in [-0.39, 0.29) is 11.1 Å². The molecule has 1 fully saturated rings. The highest BCUT2D eigenvalue weighted by molar-refractivity contribution is 5.30. The first-order chi connectivity index (χ1) is 13.8. The van der Waals surface area contributed by atoms with Crippen LogP contribution in [0.3, 0.4) is 0 Å². The highest BCUT2D eigenvalue weighted by Crippen LogP contribution is 2.28. The predicted octanol–water partition coefficient (Wildman–Crippen LogP) is -1.19. The van der Waals surface area contributed by atoms with Crippen LogP contribution in [0.5, 0.6) is 0 Å². The molecule has 30 heavy (non-hydrogen) atoms. The second-order valence-corrected chi connectivity index (χ2v) is 8.76. The molecule has 1 aliphatic rings. The largest absolute Gasteiger partial charge is 0.394 e. The van der Waals surface area contributed by atoms with Gasteiger partial charge in [-0.05, 0) is 34.1 Å². The standard InChI is InChI=1S/C20H31N3O7/c1-19(2,21)8-9-29-20(3,4)7-5-6-12-10-23(18(28)22-16(12)27)17-15(26)14(25)13(11-24)30-17/h10,13-15,17,24-26H,7-9,11,21H2,1-4H3,(H,22,27,28). The van der Waals surface area contributed by atoms with Crippen molar-refractivity contribution in [3.8, 4) is 11.8 Å². The lowest BCUT2D eigenvalue weighted by Crippen LogP contribution is -2.38. The van der Waals surface area contributed by atoms with Gasteiger partial charge in [0.1, 0.15) is 23.9 Å². The number of nitrogens with one attached hydrogen (secondary N) is 1. The topological polar surface area (TPSA) is 160 Å². The fourth-order valence-electron chi connectivity index (χ4n) is 2.87. The molecule has 1 aromatic rings. The minimum Gasteiger partial charge on any atom is -0.394 e. The Morgan fingerprint density at radius 1 is 1.27 bits per heavy atom. The first-order valence-corrected chi connectivity index (χ1v) is 9.74. The summed E-state index contributed by atoms with van der Waals surface area (Å²) < 4.78 is 12.1. The molecule has 1 aliphatic heterocycles. The van der Waals surface area contributed by atoms with E-state index in [0.717, 1.165) is 4.57 Å². The molecule has 4 atom stereocenters. The molecule has 6 N–H and O–H groups in total. The number of ether oxygens (including phenoxy) is 2. The molecular formula is C20H31N3O7. The molecule has 0 bridgehead atoms. The van der Waals surface area contributed by atoms with Crippen LogP contribution in [-0.4, -0.2) is 67.5 Å². The van der Waals surface area contributed by atoms with Crippen LogP contribution < -0.4 is 17.0 Å². The number of nitrogens with zero attached hydrogens (tertiary/aromatic N) is 1. The van der Waals surface area contributed by atoms with E-state index in [1.165, 1.54) is 6.20 Å². The lowest BCUT2D eigenvalue weighted by atomic mass is 10.0. The van der Waals surface area contributed by atoms with Gasteiger partial charge in [0, 0.05) is 24.8 Å². The summed E-state index contributed by atoms with van der Waals surface area (Å²) in [4.78, 5) is 26.4. The summed E-state index contributed by atoms with van der Waals surface area (Å²) in [5, 5.41) is 29.2. The second kappa shape index (κ2) is 9.43. The monoisotopic (exact) mass is 425 g/mol. The van der Waals surface area contributed by atoms with Crippen molar-refractivity contribution < 1.29 is 24.8 Å². The van der Waals surface area contributed by atoms with Crippen LogP contribution >= 0.6 is 0 Å². The number of aromatic amines is 1. The van der Waals surface area contributed by atoms with Crippen LogP contribution in [-0.2, 0) is 9.47 Å². The zero-order valence-corrected chi connectivity index (χ0v) is 17.7. The number of aliphatic hydroxyl groups excluding tert-OH is 3. The Labute approximate surface area is 174 Å². The number of H-pyrrole nitrogens is 1. The van der Waals surface area contributed by atoms with Crippen molar-refractivity contribution >= 4 is 0 Å². The molecule has 0 saturated carbocycles. The van der Waals surface area contributed by atoms with Crippen LogP contribution in [0.4, 0.5) is 0 Å². The van der Waals surface area contributed by atoms with Crippen LogP contribution in [0.1, 0.15) is 52.3 Å². The fourth-order valence-corrected chi connectivity index (χ4v) is 2.87. The third kappa shape index (κ3) is 6.25. The summed E-state index contributed by atoms with van der Waals surface area (Å²) in [5.41, 5.74) is 3.52. The van der Waals surface area contributed by atoms with Gasteiger partial charge in [0.05, 0.1) is 12.2 Å². The molecule has 0 spiro atoms. The molecule has 0 amide bonds. The minimum absolute atomic E-state index is 0.00812. The zero-order chi connectivity index (χ0) is 22.7. The lowest BCUT2D eigenvalue weighted by molar-refractivity contribution is -0.0550. The van der Waals surface area contributed by atoms with Crippen LogP contribution in [0, 0.1) is 11.8 Å². The van der Waals surface area contributed by atoms with Crippen molar-refractivity contribution in [3.63, 3.8) is 0 Å². The number of aromatic nitrogens is 2. The van der Waals surface area contributed by atoms with Crippen molar-refractivity contribution in [3.05, 3.63) is 32.6 Å². The maximum atomic E-state index is 12.2. The third-order valence-electron chi connectivity index (χ3n) is 4.74. The summed E-state index contributed by atoms with van der Waals surface area (Å²) in [7, 11) is 0. The molecule has 0 radical (unpaired) electrons. The van der Waals surface area contributed by atoms with Gasteiger partial charge in [0.15, 0.2) is 6.23 Å². The van der Waals surface area contributed by atoms with Gasteiger partial charge in [-0.1, -0.05) is 11.8 Å². The summed E-state index contributed by atoms with van der Waals surface area (Å²) in [6, 6.07) is 0. The summed E-state index contributed by atoms with van der Waals surface area (Å²) in [6.45, 7) is 7.50. The fraction of sp³-hybridized carbons (Fsp3) is 0.700. The van der Waals surface area contributed by atoms with E-state index >= 15 is 0 Å². The summed E-state index contributed by atoms with van der Waals surface area (Å²) in [5.74, 6) is 5.58. The summed E-state index contributed by atoms with van der Waals surface area (Å²) in [6.07, 6.45) is -2.96. The number of hydrogen-bond donors (Lipinski definition) is 5. The Balaban J connectivity index is 2.16. The third-order valence-corrected chi connectivity index (χ3v) is 4.74. The van der Waals surface area contributed by atoms with E-state index in [9.17, 15) is 24.9 Å². The second-order valence-electron chi connectivity index (χ2n) is 8.76. The van der Waals surface area contributed by atoms with Gasteiger partial charge in [-0.2, -0.15) is 0 Å². The number of rotatable bonds is 7.